The summed E-state index contributed by atoms with van der Waals surface area (Å²) in [6, 6.07) is 41.0. The van der Waals surface area contributed by atoms with Crippen molar-refractivity contribution < 1.29 is 29.3 Å². The van der Waals surface area contributed by atoms with Crippen molar-refractivity contribution in [1.29, 1.82) is 0 Å². The van der Waals surface area contributed by atoms with Crippen LogP contribution in [0.4, 0.5) is 11.4 Å². The second-order valence-corrected chi connectivity index (χ2v) is 15.5. The molecular weight excluding hydrogens is 741 g/mol. The number of benzene rings is 5. The number of hydrogen-bond donors (Lipinski definition) is 5. The van der Waals surface area contributed by atoms with Crippen LogP contribution in [0.15, 0.2) is 127 Å². The number of aliphatic hydroxyl groups is 2. The number of nitrogens with zero attached hydrogens (tertiary/aromatic N) is 1. The highest BCUT2D eigenvalue weighted by Gasteiger charge is 2.34. The largest absolute Gasteiger partial charge is 0.397 e. The van der Waals surface area contributed by atoms with E-state index in [1.54, 1.807) is 12.1 Å². The minimum absolute atomic E-state index is 0.00557. The van der Waals surface area contributed by atoms with Gasteiger partial charge in [-0.25, -0.2) is 0 Å². The fourth-order valence-corrected chi connectivity index (χ4v) is 7.45. The molecule has 10 nitrogen and oxygen atoms in total. The van der Waals surface area contributed by atoms with E-state index in [0.717, 1.165) is 64.6 Å². The molecule has 1 aliphatic heterocycles. The van der Waals surface area contributed by atoms with E-state index in [1.165, 1.54) is 0 Å². The predicted octanol–water partition coefficient (Wildman–Crippen LogP) is 8.62. The topological polar surface area (TPSA) is 146 Å². The van der Waals surface area contributed by atoms with Gasteiger partial charge in [0.25, 0.3) is 0 Å². The zero-order chi connectivity index (χ0) is 41.6. The van der Waals surface area contributed by atoms with Gasteiger partial charge in [0.1, 0.15) is 0 Å². The van der Waals surface area contributed by atoms with E-state index >= 15 is 0 Å². The van der Waals surface area contributed by atoms with E-state index in [4.69, 9.17) is 15.2 Å². The Morgan fingerprint density at radius 2 is 1.44 bits per heavy atom. The maximum atomic E-state index is 12.7. The van der Waals surface area contributed by atoms with E-state index < -0.39 is 12.4 Å². The van der Waals surface area contributed by atoms with Crippen LogP contribution in [0.5, 0.6) is 0 Å². The summed E-state index contributed by atoms with van der Waals surface area (Å²) in [5.41, 5.74) is 13.7. The highest BCUT2D eigenvalue weighted by atomic mass is 16.7. The standard InChI is InChI=1S/C49H58N4O6/c1-34(48(57)38-15-6-5-7-16-38)53(2)32-42-30-45(37-26-24-35(33-54)25-27-37)59-49(58-42)41-19-13-18-40(29-41)39-17-12-14-36(28-39)31-51-46(55)22-8-3-4-9-23-47(56)52-44-21-11-10-20-43(44)50/h5-7,10-21,24-29,34,42,45,48-49,54,57H,3-4,8-9,22-23,30-33,50H2,1-2H3,(H,51,55)(H,52,56)/t34-,42+,45-,48-,49-/m1/s1. The fraction of sp³-hybridized carbons (Fsp3) is 0.347. The molecule has 1 aliphatic rings. The van der Waals surface area contributed by atoms with Gasteiger partial charge in [-0.2, -0.15) is 0 Å². The lowest BCUT2D eigenvalue weighted by Crippen LogP contribution is -2.43. The molecule has 5 aromatic carbocycles. The van der Waals surface area contributed by atoms with E-state index in [2.05, 4.69) is 39.8 Å². The van der Waals surface area contributed by atoms with Crippen LogP contribution in [0.25, 0.3) is 11.1 Å². The summed E-state index contributed by atoms with van der Waals surface area (Å²) in [4.78, 5) is 27.1. The van der Waals surface area contributed by atoms with Gasteiger partial charge in [-0.3, -0.25) is 14.5 Å². The lowest BCUT2D eigenvalue weighted by molar-refractivity contribution is -0.253. The summed E-state index contributed by atoms with van der Waals surface area (Å²) in [5.74, 6) is -0.0502. The number of aliphatic hydroxyl groups excluding tert-OH is 2. The van der Waals surface area contributed by atoms with Crippen molar-refractivity contribution in [1.82, 2.24) is 10.2 Å². The van der Waals surface area contributed by atoms with Crippen LogP contribution in [0.2, 0.25) is 0 Å². The van der Waals surface area contributed by atoms with Crippen LogP contribution in [0.3, 0.4) is 0 Å². The summed E-state index contributed by atoms with van der Waals surface area (Å²) in [5, 5.41) is 26.7. The second kappa shape index (κ2) is 21.6. The van der Waals surface area contributed by atoms with Crippen molar-refractivity contribution in [2.24, 2.45) is 0 Å². The first kappa shape index (κ1) is 43.2. The zero-order valence-electron chi connectivity index (χ0n) is 34.1. The molecule has 1 fully saturated rings. The molecule has 0 aliphatic carbocycles. The van der Waals surface area contributed by atoms with Gasteiger partial charge in [0, 0.05) is 44.0 Å². The van der Waals surface area contributed by atoms with Gasteiger partial charge in [0.2, 0.25) is 11.8 Å². The predicted molar refractivity (Wildman–Crippen MR) is 233 cm³/mol. The average molecular weight is 799 g/mol. The molecule has 1 heterocycles. The summed E-state index contributed by atoms with van der Waals surface area (Å²) in [6.07, 6.45) is 3.04. The maximum absolute atomic E-state index is 12.7. The summed E-state index contributed by atoms with van der Waals surface area (Å²) in [6.45, 7) is 3.02. The quantitative estimate of drug-likeness (QED) is 0.0413. The molecule has 59 heavy (non-hydrogen) atoms. The Morgan fingerprint density at radius 1 is 0.763 bits per heavy atom. The van der Waals surface area contributed by atoms with E-state index in [9.17, 15) is 19.8 Å². The molecule has 5 atom stereocenters. The Morgan fingerprint density at radius 3 is 2.17 bits per heavy atom. The van der Waals surface area contributed by atoms with Gasteiger partial charge in [-0.05, 0) is 84.5 Å². The molecule has 10 heteroatoms. The van der Waals surface area contributed by atoms with E-state index in [1.807, 2.05) is 105 Å². The third kappa shape index (κ3) is 12.6. The molecule has 0 saturated carbocycles. The number of unbranched alkanes of at least 4 members (excludes halogenated alkanes) is 3. The number of rotatable bonds is 19. The molecule has 2 amide bonds. The molecule has 0 spiro atoms. The van der Waals surface area contributed by atoms with E-state index in [0.29, 0.717) is 43.7 Å². The number of carbonyl (C=O) groups is 2. The molecule has 6 N–H and O–H groups in total. The van der Waals surface area contributed by atoms with E-state index in [-0.39, 0.29) is 36.7 Å². The Balaban J connectivity index is 1.03. The van der Waals surface area contributed by atoms with Gasteiger partial charge < -0.3 is 36.1 Å². The third-order valence-electron chi connectivity index (χ3n) is 11.1. The number of likely N-dealkylation sites (N-methyl/N-ethyl adjacent to an activating group) is 1. The van der Waals surface area contributed by atoms with Crippen molar-refractivity contribution in [3.8, 4) is 11.1 Å². The summed E-state index contributed by atoms with van der Waals surface area (Å²) in [7, 11) is 2.02. The van der Waals surface area contributed by atoms with Gasteiger partial charge in [0.05, 0.1) is 36.3 Å². The molecule has 310 valence electrons. The Hall–Kier alpha value is -5.36. The number of carbonyl (C=O) groups excluding carboxylic acids is 2. The van der Waals surface area contributed by atoms with Crippen LogP contribution in [-0.4, -0.2) is 52.7 Å². The first-order valence-electron chi connectivity index (χ1n) is 20.7. The minimum atomic E-state index is -0.649. The fourth-order valence-electron chi connectivity index (χ4n) is 7.45. The lowest BCUT2D eigenvalue weighted by atomic mass is 9.97. The molecule has 0 bridgehead atoms. The normalized spacial score (nSPS) is 17.6. The number of hydrogen-bond acceptors (Lipinski definition) is 8. The number of nitrogens with two attached hydrogens (primary N) is 1. The molecule has 6 rings (SSSR count). The molecule has 0 aromatic heterocycles. The molecule has 1 saturated heterocycles. The highest BCUT2D eigenvalue weighted by Crippen LogP contribution is 2.39. The molecular formula is C49H58N4O6. The first-order chi connectivity index (χ1) is 28.7. The lowest BCUT2D eigenvalue weighted by Gasteiger charge is -2.39. The summed E-state index contributed by atoms with van der Waals surface area (Å²) >= 11 is 0. The van der Waals surface area contributed by atoms with Crippen molar-refractivity contribution in [2.45, 2.75) is 95.7 Å². The monoisotopic (exact) mass is 798 g/mol. The van der Waals surface area contributed by atoms with Crippen LogP contribution in [-0.2, 0) is 32.2 Å². The van der Waals surface area contributed by atoms with Crippen molar-refractivity contribution in [2.75, 3.05) is 24.6 Å². The third-order valence-corrected chi connectivity index (χ3v) is 11.1. The number of para-hydroxylation sites is 2. The molecule has 5 aromatic rings. The van der Waals surface area contributed by atoms with Gasteiger partial charge in [-0.15, -0.1) is 0 Å². The number of amides is 2. The first-order valence-corrected chi connectivity index (χ1v) is 20.7. The van der Waals surface area contributed by atoms with Crippen LogP contribution < -0.4 is 16.4 Å². The van der Waals surface area contributed by atoms with Gasteiger partial charge in [-0.1, -0.05) is 116 Å². The van der Waals surface area contributed by atoms with Crippen LogP contribution >= 0.6 is 0 Å². The van der Waals surface area contributed by atoms with Crippen molar-refractivity contribution in [3.05, 3.63) is 155 Å². The van der Waals surface area contributed by atoms with Gasteiger partial charge >= 0.3 is 0 Å². The smallest absolute Gasteiger partial charge is 0.224 e. The Bertz CT molecular complexity index is 2090. The van der Waals surface area contributed by atoms with Crippen LogP contribution in [0.1, 0.15) is 98.2 Å². The summed E-state index contributed by atoms with van der Waals surface area (Å²) < 4.78 is 13.4. The van der Waals surface area contributed by atoms with Gasteiger partial charge in [0.15, 0.2) is 6.29 Å². The number of nitrogens with one attached hydrogen (secondary N) is 2. The van der Waals surface area contributed by atoms with Crippen molar-refractivity contribution in [3.63, 3.8) is 0 Å². The Kier molecular flexibility index (Phi) is 15.8. The number of anilines is 2. The highest BCUT2D eigenvalue weighted by molar-refractivity contribution is 5.93. The maximum Gasteiger partial charge on any atom is 0.224 e. The Labute approximate surface area is 348 Å². The number of nitrogen functional groups attached to an aromatic ring is 1. The van der Waals surface area contributed by atoms with Crippen molar-refractivity contribution >= 4 is 23.2 Å². The SMILES string of the molecule is C[C@H]([C@@H](O)c1ccccc1)N(C)C[C@@H]1C[C@H](c2ccc(CO)cc2)O[C@H](c2cccc(-c3cccc(CNC(=O)CCCCCCC(=O)Nc4ccccc4N)c3)c2)O1. The van der Waals surface area contributed by atoms with Crippen LogP contribution in [0, 0.1) is 0 Å². The second-order valence-electron chi connectivity index (χ2n) is 15.5. The minimum Gasteiger partial charge on any atom is -0.397 e. The average Bonchev–Trinajstić information content (AvgIpc) is 3.27. The zero-order valence-corrected chi connectivity index (χ0v) is 34.1. The molecule has 0 radical (unpaired) electrons. The number of ether oxygens (including phenoxy) is 2. The molecule has 0 unspecified atom stereocenters.